The van der Waals surface area contributed by atoms with Crippen molar-refractivity contribution in [3.63, 3.8) is 0 Å². The number of aromatic nitrogens is 2. The van der Waals surface area contributed by atoms with Crippen molar-refractivity contribution in [1.29, 1.82) is 0 Å². The largest absolute Gasteiger partial charge is 0.378 e. The van der Waals surface area contributed by atoms with Crippen LogP contribution in [0.4, 0.5) is 5.95 Å². The van der Waals surface area contributed by atoms with Gasteiger partial charge in [0, 0.05) is 43.1 Å². The van der Waals surface area contributed by atoms with Crippen LogP contribution in [0.2, 0.25) is 0 Å². The zero-order valence-corrected chi connectivity index (χ0v) is 10.9. The van der Waals surface area contributed by atoms with Crippen molar-refractivity contribution in [3.8, 4) is 0 Å². The number of ether oxygens (including phenoxy) is 1. The maximum absolute atomic E-state index is 5.34. The van der Waals surface area contributed by atoms with Crippen molar-refractivity contribution >= 4 is 5.95 Å². The predicted octanol–water partition coefficient (Wildman–Crippen LogP) is 0.874. The molecule has 1 aromatic heterocycles. The molecule has 0 bridgehead atoms. The summed E-state index contributed by atoms with van der Waals surface area (Å²) < 4.78 is 5.34. The first kappa shape index (κ1) is 11.9. The summed E-state index contributed by atoms with van der Waals surface area (Å²) in [6.45, 7) is 6.27. The Morgan fingerprint density at radius 2 is 2.17 bits per heavy atom. The smallest absolute Gasteiger partial charge is 0.225 e. The first-order valence-corrected chi connectivity index (χ1v) is 6.71. The lowest BCUT2D eigenvalue weighted by Gasteiger charge is -2.27. The molecule has 2 fully saturated rings. The summed E-state index contributed by atoms with van der Waals surface area (Å²) in [5.41, 5.74) is 2.29. The van der Waals surface area contributed by atoms with Crippen molar-refractivity contribution in [2.75, 3.05) is 31.2 Å². The molecule has 1 saturated heterocycles. The topological polar surface area (TPSA) is 50.3 Å². The summed E-state index contributed by atoms with van der Waals surface area (Å²) in [4.78, 5) is 11.3. The van der Waals surface area contributed by atoms with Gasteiger partial charge in [0.2, 0.25) is 5.95 Å². The lowest BCUT2D eigenvalue weighted by molar-refractivity contribution is 0.122. The zero-order chi connectivity index (χ0) is 12.4. The molecule has 0 unspecified atom stereocenters. The van der Waals surface area contributed by atoms with E-state index >= 15 is 0 Å². The van der Waals surface area contributed by atoms with Crippen LogP contribution in [0.25, 0.3) is 0 Å². The van der Waals surface area contributed by atoms with Crippen LogP contribution >= 0.6 is 0 Å². The van der Waals surface area contributed by atoms with Crippen molar-refractivity contribution in [1.82, 2.24) is 15.3 Å². The maximum Gasteiger partial charge on any atom is 0.225 e. The van der Waals surface area contributed by atoms with Crippen molar-refractivity contribution in [2.45, 2.75) is 32.4 Å². The molecule has 3 rings (SSSR count). The van der Waals surface area contributed by atoms with Crippen LogP contribution < -0.4 is 10.2 Å². The van der Waals surface area contributed by atoms with E-state index in [-0.39, 0.29) is 0 Å². The van der Waals surface area contributed by atoms with Crippen LogP contribution in [0.5, 0.6) is 0 Å². The summed E-state index contributed by atoms with van der Waals surface area (Å²) >= 11 is 0. The Kier molecular flexibility index (Phi) is 3.43. The van der Waals surface area contributed by atoms with Gasteiger partial charge in [-0.15, -0.1) is 0 Å². The molecule has 2 heterocycles. The van der Waals surface area contributed by atoms with Gasteiger partial charge < -0.3 is 15.0 Å². The molecule has 2 aliphatic rings. The number of anilines is 1. The van der Waals surface area contributed by atoms with E-state index in [9.17, 15) is 0 Å². The van der Waals surface area contributed by atoms with Crippen LogP contribution in [-0.2, 0) is 11.3 Å². The Morgan fingerprint density at radius 1 is 1.39 bits per heavy atom. The number of hydrogen-bond acceptors (Lipinski definition) is 5. The fourth-order valence-corrected chi connectivity index (χ4v) is 2.11. The Morgan fingerprint density at radius 3 is 2.83 bits per heavy atom. The van der Waals surface area contributed by atoms with Gasteiger partial charge in [-0.05, 0) is 19.8 Å². The van der Waals surface area contributed by atoms with Crippen LogP contribution in [0.15, 0.2) is 6.20 Å². The van der Waals surface area contributed by atoms with Crippen molar-refractivity contribution < 1.29 is 4.74 Å². The first-order valence-electron chi connectivity index (χ1n) is 6.71. The Hall–Kier alpha value is -1.20. The van der Waals surface area contributed by atoms with Crippen molar-refractivity contribution in [2.24, 2.45) is 0 Å². The van der Waals surface area contributed by atoms with Gasteiger partial charge in [-0.25, -0.2) is 9.97 Å². The SMILES string of the molecule is Cc1nc(N2CCOCC2)ncc1CNC1CC1. The summed E-state index contributed by atoms with van der Waals surface area (Å²) in [5.74, 6) is 0.839. The molecule has 1 aromatic rings. The van der Waals surface area contributed by atoms with E-state index in [0.29, 0.717) is 0 Å². The summed E-state index contributed by atoms with van der Waals surface area (Å²) in [7, 11) is 0. The molecule has 18 heavy (non-hydrogen) atoms. The van der Waals surface area contributed by atoms with Crippen LogP contribution in [0, 0.1) is 6.92 Å². The highest BCUT2D eigenvalue weighted by atomic mass is 16.5. The van der Waals surface area contributed by atoms with Gasteiger partial charge in [-0.3, -0.25) is 0 Å². The van der Waals surface area contributed by atoms with E-state index in [1.54, 1.807) is 0 Å². The molecule has 1 saturated carbocycles. The lowest BCUT2D eigenvalue weighted by Crippen LogP contribution is -2.37. The average molecular weight is 248 g/mol. The van der Waals surface area contributed by atoms with Crippen LogP contribution in [-0.4, -0.2) is 42.3 Å². The first-order chi connectivity index (χ1) is 8.83. The third kappa shape index (κ3) is 2.79. The van der Waals surface area contributed by atoms with Crippen LogP contribution in [0.3, 0.4) is 0 Å². The standard InChI is InChI=1S/C13H20N4O/c1-10-11(8-14-12-2-3-12)9-15-13(16-10)17-4-6-18-7-5-17/h9,12,14H,2-8H2,1H3. The van der Waals surface area contributed by atoms with Crippen LogP contribution in [0.1, 0.15) is 24.1 Å². The summed E-state index contributed by atoms with van der Waals surface area (Å²) in [6, 6.07) is 0.725. The van der Waals surface area contributed by atoms with Gasteiger partial charge in [0.15, 0.2) is 0 Å². The minimum absolute atomic E-state index is 0.725. The monoisotopic (exact) mass is 248 g/mol. The molecule has 1 N–H and O–H groups in total. The third-order valence-corrected chi connectivity index (χ3v) is 3.52. The fraction of sp³-hybridized carbons (Fsp3) is 0.692. The molecule has 0 amide bonds. The molecule has 1 aliphatic heterocycles. The van der Waals surface area contributed by atoms with Gasteiger partial charge in [0.05, 0.1) is 13.2 Å². The summed E-state index contributed by atoms with van der Waals surface area (Å²) in [6.07, 6.45) is 4.58. The van der Waals surface area contributed by atoms with E-state index in [0.717, 1.165) is 50.5 Å². The molecule has 0 spiro atoms. The van der Waals surface area contributed by atoms with E-state index in [1.807, 2.05) is 6.20 Å². The van der Waals surface area contributed by atoms with Gasteiger partial charge in [-0.1, -0.05) is 0 Å². The molecule has 0 radical (unpaired) electrons. The number of morpholine rings is 1. The van der Waals surface area contributed by atoms with Gasteiger partial charge in [0.25, 0.3) is 0 Å². The van der Waals surface area contributed by atoms with Crippen molar-refractivity contribution in [3.05, 3.63) is 17.5 Å². The number of hydrogen-bond donors (Lipinski definition) is 1. The van der Waals surface area contributed by atoms with E-state index in [1.165, 1.54) is 18.4 Å². The van der Waals surface area contributed by atoms with E-state index in [2.05, 4.69) is 27.1 Å². The predicted molar refractivity (Wildman–Crippen MR) is 69.7 cm³/mol. The average Bonchev–Trinajstić information content (AvgIpc) is 3.22. The fourth-order valence-electron chi connectivity index (χ4n) is 2.11. The summed E-state index contributed by atoms with van der Waals surface area (Å²) in [5, 5.41) is 3.50. The Labute approximate surface area is 108 Å². The van der Waals surface area contributed by atoms with Gasteiger partial charge in [0.1, 0.15) is 0 Å². The molecule has 0 atom stereocenters. The maximum atomic E-state index is 5.34. The minimum atomic E-state index is 0.725. The number of nitrogens with zero attached hydrogens (tertiary/aromatic N) is 3. The minimum Gasteiger partial charge on any atom is -0.378 e. The molecule has 0 aromatic carbocycles. The third-order valence-electron chi connectivity index (χ3n) is 3.52. The lowest BCUT2D eigenvalue weighted by atomic mass is 10.2. The molecular formula is C13H20N4O. The highest BCUT2D eigenvalue weighted by Crippen LogP contribution is 2.20. The van der Waals surface area contributed by atoms with Gasteiger partial charge in [-0.2, -0.15) is 0 Å². The molecule has 1 aliphatic carbocycles. The normalized spacial score (nSPS) is 20.2. The number of aryl methyl sites for hydroxylation is 1. The van der Waals surface area contributed by atoms with E-state index < -0.39 is 0 Å². The Bertz CT molecular complexity index is 413. The highest BCUT2D eigenvalue weighted by Gasteiger charge is 2.21. The second-order valence-electron chi connectivity index (χ2n) is 5.04. The Balaban J connectivity index is 1.66. The second-order valence-corrected chi connectivity index (χ2v) is 5.04. The zero-order valence-electron chi connectivity index (χ0n) is 10.9. The quantitative estimate of drug-likeness (QED) is 0.857. The molecule has 5 heteroatoms. The van der Waals surface area contributed by atoms with E-state index in [4.69, 9.17) is 4.74 Å². The molecule has 98 valence electrons. The molecular weight excluding hydrogens is 228 g/mol. The van der Waals surface area contributed by atoms with Gasteiger partial charge >= 0.3 is 0 Å². The number of nitrogens with one attached hydrogen (secondary N) is 1. The highest BCUT2D eigenvalue weighted by molar-refractivity contribution is 5.33. The molecule has 5 nitrogen and oxygen atoms in total. The second kappa shape index (κ2) is 5.20. The number of rotatable bonds is 4.